The molecular formula is C13H15NO4. The van der Waals surface area contributed by atoms with E-state index >= 15 is 0 Å². The molecule has 2 rings (SSSR count). The Labute approximate surface area is 105 Å². The molecule has 0 saturated heterocycles. The number of hydrogen-bond acceptors (Lipinski definition) is 3. The van der Waals surface area contributed by atoms with Gasteiger partial charge in [0.05, 0.1) is 11.3 Å². The van der Waals surface area contributed by atoms with Crippen LogP contribution in [0, 0.1) is 0 Å². The Morgan fingerprint density at radius 3 is 2.67 bits per heavy atom. The number of fused-ring (bicyclic) bond motifs is 1. The van der Waals surface area contributed by atoms with Crippen LogP contribution in [0.15, 0.2) is 18.2 Å². The Morgan fingerprint density at radius 2 is 2.11 bits per heavy atom. The molecule has 0 atom stereocenters. The maximum absolute atomic E-state index is 12.2. The van der Waals surface area contributed by atoms with Crippen LogP contribution < -0.4 is 9.64 Å². The molecule has 5 nitrogen and oxygen atoms in total. The van der Waals surface area contributed by atoms with Crippen molar-refractivity contribution in [2.24, 2.45) is 0 Å². The van der Waals surface area contributed by atoms with Gasteiger partial charge in [-0.3, -0.25) is 4.79 Å². The van der Waals surface area contributed by atoms with Gasteiger partial charge in [-0.05, 0) is 39.0 Å². The molecule has 0 saturated carbocycles. The molecule has 5 heteroatoms. The molecule has 0 fully saturated rings. The number of rotatable bonds is 2. The third-order valence-electron chi connectivity index (χ3n) is 2.94. The normalized spacial score (nSPS) is 17.1. The fourth-order valence-electron chi connectivity index (χ4n) is 2.01. The lowest BCUT2D eigenvalue weighted by molar-refractivity contribution is -0.132. The van der Waals surface area contributed by atoms with Crippen LogP contribution in [0.4, 0.5) is 5.69 Å². The van der Waals surface area contributed by atoms with E-state index in [1.54, 1.807) is 24.8 Å². The van der Waals surface area contributed by atoms with Gasteiger partial charge in [-0.15, -0.1) is 0 Å². The molecule has 0 spiro atoms. The first kappa shape index (κ1) is 12.4. The molecule has 18 heavy (non-hydrogen) atoms. The fourth-order valence-corrected chi connectivity index (χ4v) is 2.01. The van der Waals surface area contributed by atoms with Crippen molar-refractivity contribution in [3.05, 3.63) is 23.8 Å². The van der Waals surface area contributed by atoms with Crippen molar-refractivity contribution in [3.63, 3.8) is 0 Å². The minimum absolute atomic E-state index is 0.142. The van der Waals surface area contributed by atoms with Gasteiger partial charge in [0, 0.05) is 6.54 Å². The summed E-state index contributed by atoms with van der Waals surface area (Å²) in [5, 5.41) is 8.97. The highest BCUT2D eigenvalue weighted by atomic mass is 16.5. The van der Waals surface area contributed by atoms with Crippen molar-refractivity contribution < 1.29 is 19.4 Å². The zero-order chi connectivity index (χ0) is 13.5. The van der Waals surface area contributed by atoms with E-state index in [-0.39, 0.29) is 11.5 Å². The Morgan fingerprint density at radius 1 is 1.44 bits per heavy atom. The number of nitrogens with zero attached hydrogens (tertiary/aromatic N) is 1. The summed E-state index contributed by atoms with van der Waals surface area (Å²) < 4.78 is 5.61. The van der Waals surface area contributed by atoms with Gasteiger partial charge >= 0.3 is 5.97 Å². The third-order valence-corrected chi connectivity index (χ3v) is 2.94. The van der Waals surface area contributed by atoms with Gasteiger partial charge in [0.15, 0.2) is 5.60 Å². The maximum Gasteiger partial charge on any atom is 0.335 e. The lowest BCUT2D eigenvalue weighted by atomic mass is 10.0. The number of carbonyl (C=O) groups is 2. The first-order valence-electron chi connectivity index (χ1n) is 5.75. The molecule has 1 aliphatic heterocycles. The van der Waals surface area contributed by atoms with Crippen LogP contribution in [-0.4, -0.2) is 29.1 Å². The van der Waals surface area contributed by atoms with Gasteiger partial charge in [0.2, 0.25) is 0 Å². The molecule has 0 unspecified atom stereocenters. The number of ether oxygens (including phenoxy) is 1. The van der Waals surface area contributed by atoms with Gasteiger partial charge in [0.1, 0.15) is 5.75 Å². The molecule has 96 valence electrons. The van der Waals surface area contributed by atoms with Crippen LogP contribution in [0.3, 0.4) is 0 Å². The Hall–Kier alpha value is -2.04. The molecular weight excluding hydrogens is 234 g/mol. The molecule has 0 aromatic heterocycles. The number of benzene rings is 1. The summed E-state index contributed by atoms with van der Waals surface area (Å²) in [5.74, 6) is -0.655. The first-order valence-corrected chi connectivity index (χ1v) is 5.75. The van der Waals surface area contributed by atoms with E-state index in [0.717, 1.165) is 0 Å². The summed E-state index contributed by atoms with van der Waals surface area (Å²) in [7, 11) is 0. The highest BCUT2D eigenvalue weighted by molar-refractivity contribution is 6.03. The largest absolute Gasteiger partial charge is 0.478 e. The van der Waals surface area contributed by atoms with Crippen LogP contribution >= 0.6 is 0 Å². The highest BCUT2D eigenvalue weighted by Crippen LogP contribution is 2.38. The monoisotopic (exact) mass is 249 g/mol. The summed E-state index contributed by atoms with van der Waals surface area (Å²) in [6.07, 6.45) is 0. The summed E-state index contributed by atoms with van der Waals surface area (Å²) >= 11 is 0. The quantitative estimate of drug-likeness (QED) is 0.869. The maximum atomic E-state index is 12.2. The standard InChI is InChI=1S/C13H15NO4/c1-4-14-9-7-8(11(15)16)5-6-10(9)18-13(2,3)12(14)17/h5-7H,4H2,1-3H3,(H,15,16). The molecule has 1 aromatic rings. The Kier molecular flexibility index (Phi) is 2.77. The van der Waals surface area contributed by atoms with E-state index in [2.05, 4.69) is 0 Å². The van der Waals surface area contributed by atoms with Crippen LogP contribution in [0.2, 0.25) is 0 Å². The fraction of sp³-hybridized carbons (Fsp3) is 0.385. The lowest BCUT2D eigenvalue weighted by Crippen LogP contribution is -2.52. The van der Waals surface area contributed by atoms with Crippen LogP contribution in [0.5, 0.6) is 5.75 Å². The second kappa shape index (κ2) is 4.01. The lowest BCUT2D eigenvalue weighted by Gasteiger charge is -2.38. The number of hydrogen-bond donors (Lipinski definition) is 1. The summed E-state index contributed by atoms with van der Waals surface area (Å²) in [5.41, 5.74) is -0.265. The van der Waals surface area contributed by atoms with Crippen molar-refractivity contribution in [1.82, 2.24) is 0 Å². The number of aromatic carboxylic acids is 1. The molecule has 1 heterocycles. The van der Waals surface area contributed by atoms with Gasteiger partial charge in [-0.25, -0.2) is 4.79 Å². The van der Waals surface area contributed by atoms with Crippen LogP contribution in [-0.2, 0) is 4.79 Å². The molecule has 1 amide bonds. The third kappa shape index (κ3) is 1.81. The second-order valence-electron chi connectivity index (χ2n) is 4.65. The summed E-state index contributed by atoms with van der Waals surface area (Å²) in [4.78, 5) is 24.7. The zero-order valence-corrected chi connectivity index (χ0v) is 10.6. The van der Waals surface area contributed by atoms with E-state index < -0.39 is 11.6 Å². The molecule has 1 aromatic carbocycles. The van der Waals surface area contributed by atoms with E-state index in [4.69, 9.17) is 9.84 Å². The molecule has 0 aliphatic carbocycles. The summed E-state index contributed by atoms with van der Waals surface area (Å²) in [6, 6.07) is 4.53. The Bertz CT molecular complexity index is 522. The second-order valence-corrected chi connectivity index (χ2v) is 4.65. The number of amides is 1. The van der Waals surface area contributed by atoms with Gasteiger partial charge < -0.3 is 14.7 Å². The van der Waals surface area contributed by atoms with E-state index in [0.29, 0.717) is 18.0 Å². The van der Waals surface area contributed by atoms with Crippen molar-refractivity contribution in [3.8, 4) is 5.75 Å². The zero-order valence-electron chi connectivity index (χ0n) is 10.6. The van der Waals surface area contributed by atoms with Crippen molar-refractivity contribution in [2.75, 3.05) is 11.4 Å². The number of likely N-dealkylation sites (N-methyl/N-ethyl adjacent to an activating group) is 1. The topological polar surface area (TPSA) is 66.8 Å². The van der Waals surface area contributed by atoms with Gasteiger partial charge in [0.25, 0.3) is 5.91 Å². The minimum Gasteiger partial charge on any atom is -0.478 e. The minimum atomic E-state index is -1.02. The predicted octanol–water partition coefficient (Wildman–Crippen LogP) is 1.91. The number of carboxylic acids is 1. The van der Waals surface area contributed by atoms with Crippen LogP contribution in [0.25, 0.3) is 0 Å². The number of anilines is 1. The van der Waals surface area contributed by atoms with Gasteiger partial charge in [-0.2, -0.15) is 0 Å². The van der Waals surface area contributed by atoms with Crippen molar-refractivity contribution >= 4 is 17.6 Å². The smallest absolute Gasteiger partial charge is 0.335 e. The number of carbonyl (C=O) groups excluding carboxylic acids is 1. The van der Waals surface area contributed by atoms with Crippen molar-refractivity contribution in [1.29, 1.82) is 0 Å². The van der Waals surface area contributed by atoms with Gasteiger partial charge in [-0.1, -0.05) is 0 Å². The van der Waals surface area contributed by atoms with E-state index in [9.17, 15) is 9.59 Å². The predicted molar refractivity (Wildman–Crippen MR) is 66.1 cm³/mol. The highest BCUT2D eigenvalue weighted by Gasteiger charge is 2.40. The average molecular weight is 249 g/mol. The van der Waals surface area contributed by atoms with E-state index in [1.807, 2.05) is 6.92 Å². The SMILES string of the molecule is CCN1C(=O)C(C)(C)Oc2ccc(C(=O)O)cc21. The average Bonchev–Trinajstić information content (AvgIpc) is 2.30. The molecule has 1 N–H and O–H groups in total. The molecule has 0 bridgehead atoms. The summed E-state index contributed by atoms with van der Waals surface area (Å²) in [6.45, 7) is 5.72. The molecule has 0 radical (unpaired) electrons. The van der Waals surface area contributed by atoms with Crippen molar-refractivity contribution in [2.45, 2.75) is 26.4 Å². The van der Waals surface area contributed by atoms with Crippen LogP contribution in [0.1, 0.15) is 31.1 Å². The number of carboxylic acid groups (broad SMARTS) is 1. The first-order chi connectivity index (χ1) is 8.36. The molecule has 1 aliphatic rings. The Balaban J connectivity index is 2.56. The van der Waals surface area contributed by atoms with E-state index in [1.165, 1.54) is 12.1 Å².